The van der Waals surface area contributed by atoms with Crippen molar-refractivity contribution in [2.45, 2.75) is 51.1 Å². The second-order valence-corrected chi connectivity index (χ2v) is 5.38. The lowest BCUT2D eigenvalue weighted by Crippen LogP contribution is -2.35. The average Bonchev–Trinajstić information content (AvgIpc) is 2.92. The lowest BCUT2D eigenvalue weighted by molar-refractivity contribution is 0.189. The van der Waals surface area contributed by atoms with Gasteiger partial charge in [0.1, 0.15) is 5.76 Å². The van der Waals surface area contributed by atoms with Crippen molar-refractivity contribution in [2.75, 3.05) is 20.1 Å². The lowest BCUT2D eigenvalue weighted by atomic mass is 9.94. The van der Waals surface area contributed by atoms with E-state index in [4.69, 9.17) is 4.42 Å². The first-order chi connectivity index (χ1) is 8.86. The van der Waals surface area contributed by atoms with Crippen molar-refractivity contribution in [3.63, 3.8) is 0 Å². The van der Waals surface area contributed by atoms with E-state index < -0.39 is 0 Å². The van der Waals surface area contributed by atoms with Crippen molar-refractivity contribution in [1.29, 1.82) is 0 Å². The molecule has 102 valence electrons. The highest BCUT2D eigenvalue weighted by Gasteiger charge is 2.16. The minimum absolute atomic E-state index is 0.837. The van der Waals surface area contributed by atoms with E-state index in [1.807, 2.05) is 12.1 Å². The van der Waals surface area contributed by atoms with E-state index in [-0.39, 0.29) is 0 Å². The van der Waals surface area contributed by atoms with Crippen LogP contribution in [0, 0.1) is 0 Å². The van der Waals surface area contributed by atoms with Crippen LogP contribution in [0.25, 0.3) is 0 Å². The molecule has 0 bridgehead atoms. The van der Waals surface area contributed by atoms with Crippen molar-refractivity contribution in [3.05, 3.63) is 24.2 Å². The summed E-state index contributed by atoms with van der Waals surface area (Å²) < 4.78 is 5.28. The molecule has 0 aromatic carbocycles. The van der Waals surface area contributed by atoms with Crippen molar-refractivity contribution in [3.8, 4) is 0 Å². The maximum atomic E-state index is 5.28. The SMILES string of the molecule is CN(CCCNCc1ccco1)C1CCCCC1. The lowest BCUT2D eigenvalue weighted by Gasteiger charge is -2.31. The number of hydrogen-bond acceptors (Lipinski definition) is 3. The Morgan fingerprint density at radius 1 is 1.33 bits per heavy atom. The molecule has 0 spiro atoms. The van der Waals surface area contributed by atoms with E-state index in [9.17, 15) is 0 Å². The molecule has 0 unspecified atom stereocenters. The van der Waals surface area contributed by atoms with Gasteiger partial charge < -0.3 is 14.6 Å². The molecule has 1 N–H and O–H groups in total. The van der Waals surface area contributed by atoms with Gasteiger partial charge in [0.2, 0.25) is 0 Å². The predicted molar refractivity (Wildman–Crippen MR) is 74.5 cm³/mol. The Balaban J connectivity index is 1.52. The van der Waals surface area contributed by atoms with Crippen LogP contribution in [0.15, 0.2) is 22.8 Å². The van der Waals surface area contributed by atoms with Gasteiger partial charge in [-0.25, -0.2) is 0 Å². The number of hydrogen-bond donors (Lipinski definition) is 1. The summed E-state index contributed by atoms with van der Waals surface area (Å²) in [5.41, 5.74) is 0. The summed E-state index contributed by atoms with van der Waals surface area (Å²) in [6.45, 7) is 3.12. The van der Waals surface area contributed by atoms with Crippen LogP contribution in [0.4, 0.5) is 0 Å². The zero-order chi connectivity index (χ0) is 12.6. The van der Waals surface area contributed by atoms with Gasteiger partial charge in [-0.3, -0.25) is 0 Å². The zero-order valence-corrected chi connectivity index (χ0v) is 11.5. The number of rotatable bonds is 7. The van der Waals surface area contributed by atoms with E-state index in [1.165, 1.54) is 45.1 Å². The fourth-order valence-corrected chi connectivity index (χ4v) is 2.78. The molecule has 1 fully saturated rings. The Bertz CT molecular complexity index is 304. The maximum absolute atomic E-state index is 5.28. The normalized spacial score (nSPS) is 17.4. The fraction of sp³-hybridized carbons (Fsp3) is 0.733. The Hall–Kier alpha value is -0.800. The number of nitrogens with zero attached hydrogens (tertiary/aromatic N) is 1. The molecule has 1 aliphatic carbocycles. The molecule has 1 aromatic rings. The topological polar surface area (TPSA) is 28.4 Å². The second kappa shape index (κ2) is 7.59. The van der Waals surface area contributed by atoms with E-state index in [0.717, 1.165) is 24.9 Å². The van der Waals surface area contributed by atoms with Gasteiger partial charge in [0, 0.05) is 6.04 Å². The zero-order valence-electron chi connectivity index (χ0n) is 11.5. The number of nitrogens with one attached hydrogen (secondary N) is 1. The summed E-state index contributed by atoms with van der Waals surface area (Å²) in [7, 11) is 2.28. The van der Waals surface area contributed by atoms with Crippen molar-refractivity contribution < 1.29 is 4.42 Å². The van der Waals surface area contributed by atoms with Crippen LogP contribution in [-0.4, -0.2) is 31.1 Å². The highest BCUT2D eigenvalue weighted by atomic mass is 16.3. The quantitative estimate of drug-likeness (QED) is 0.754. The molecule has 0 amide bonds. The minimum Gasteiger partial charge on any atom is -0.468 e. The monoisotopic (exact) mass is 250 g/mol. The molecule has 1 saturated carbocycles. The summed E-state index contributed by atoms with van der Waals surface area (Å²) >= 11 is 0. The maximum Gasteiger partial charge on any atom is 0.117 e. The van der Waals surface area contributed by atoms with Crippen molar-refractivity contribution in [2.24, 2.45) is 0 Å². The van der Waals surface area contributed by atoms with Gasteiger partial charge in [-0.1, -0.05) is 19.3 Å². The summed E-state index contributed by atoms with van der Waals surface area (Å²) in [6, 6.07) is 4.79. The highest BCUT2D eigenvalue weighted by molar-refractivity contribution is 4.97. The Morgan fingerprint density at radius 2 is 2.17 bits per heavy atom. The first kappa shape index (κ1) is 13.6. The molecule has 1 aromatic heterocycles. The van der Waals surface area contributed by atoms with Gasteiger partial charge in [-0.2, -0.15) is 0 Å². The molecular weight excluding hydrogens is 224 g/mol. The fourth-order valence-electron chi connectivity index (χ4n) is 2.78. The van der Waals surface area contributed by atoms with E-state index in [0.29, 0.717) is 0 Å². The first-order valence-electron chi connectivity index (χ1n) is 7.29. The van der Waals surface area contributed by atoms with Crippen LogP contribution in [0.1, 0.15) is 44.3 Å². The van der Waals surface area contributed by atoms with Crippen LogP contribution < -0.4 is 5.32 Å². The van der Waals surface area contributed by atoms with Gasteiger partial charge in [0.05, 0.1) is 12.8 Å². The number of furan rings is 1. The predicted octanol–water partition coefficient (Wildman–Crippen LogP) is 3.02. The van der Waals surface area contributed by atoms with E-state index in [2.05, 4.69) is 17.3 Å². The second-order valence-electron chi connectivity index (χ2n) is 5.38. The van der Waals surface area contributed by atoms with Gasteiger partial charge in [0.25, 0.3) is 0 Å². The van der Waals surface area contributed by atoms with Crippen LogP contribution in [-0.2, 0) is 6.54 Å². The summed E-state index contributed by atoms with van der Waals surface area (Å²) in [4.78, 5) is 2.55. The molecule has 3 nitrogen and oxygen atoms in total. The smallest absolute Gasteiger partial charge is 0.117 e. The summed E-state index contributed by atoms with van der Waals surface area (Å²) in [5, 5.41) is 3.43. The van der Waals surface area contributed by atoms with Crippen LogP contribution in [0.3, 0.4) is 0 Å². The van der Waals surface area contributed by atoms with Gasteiger partial charge in [-0.15, -0.1) is 0 Å². The Labute approximate surface area is 111 Å². The summed E-state index contributed by atoms with van der Waals surface area (Å²) in [5.74, 6) is 1.02. The third-order valence-corrected chi connectivity index (χ3v) is 3.94. The Kier molecular flexibility index (Phi) is 5.75. The molecule has 0 radical (unpaired) electrons. The van der Waals surface area contributed by atoms with Gasteiger partial charge >= 0.3 is 0 Å². The molecule has 0 atom stereocenters. The van der Waals surface area contributed by atoms with E-state index in [1.54, 1.807) is 6.26 Å². The molecule has 0 saturated heterocycles. The largest absolute Gasteiger partial charge is 0.468 e. The molecular formula is C15H26N2O. The molecule has 1 aliphatic rings. The van der Waals surface area contributed by atoms with Crippen LogP contribution >= 0.6 is 0 Å². The molecule has 0 aliphatic heterocycles. The van der Waals surface area contributed by atoms with Gasteiger partial charge in [-0.05, 0) is 51.5 Å². The third-order valence-electron chi connectivity index (χ3n) is 3.94. The minimum atomic E-state index is 0.837. The van der Waals surface area contributed by atoms with E-state index >= 15 is 0 Å². The van der Waals surface area contributed by atoms with Crippen molar-refractivity contribution >= 4 is 0 Å². The van der Waals surface area contributed by atoms with Crippen LogP contribution in [0.2, 0.25) is 0 Å². The third kappa shape index (κ3) is 4.46. The molecule has 1 heterocycles. The average molecular weight is 250 g/mol. The highest BCUT2D eigenvalue weighted by Crippen LogP contribution is 2.21. The van der Waals surface area contributed by atoms with Crippen LogP contribution in [0.5, 0.6) is 0 Å². The molecule has 2 rings (SSSR count). The molecule has 18 heavy (non-hydrogen) atoms. The van der Waals surface area contributed by atoms with Gasteiger partial charge in [0.15, 0.2) is 0 Å². The Morgan fingerprint density at radius 3 is 2.89 bits per heavy atom. The summed E-state index contributed by atoms with van der Waals surface area (Å²) in [6.07, 6.45) is 10.0. The first-order valence-corrected chi connectivity index (χ1v) is 7.29. The molecule has 3 heteroatoms. The van der Waals surface area contributed by atoms with Crippen molar-refractivity contribution in [1.82, 2.24) is 10.2 Å². The standard InChI is InChI=1S/C15H26N2O/c1-17(14-7-3-2-4-8-14)11-6-10-16-13-15-9-5-12-18-15/h5,9,12,14,16H,2-4,6-8,10-11,13H2,1H3.